The number of aliphatic hydroxyl groups is 1. The zero-order valence-electron chi connectivity index (χ0n) is 13.0. The summed E-state index contributed by atoms with van der Waals surface area (Å²) in [5.41, 5.74) is 0. The summed E-state index contributed by atoms with van der Waals surface area (Å²) in [6, 6.07) is 7.57. The summed E-state index contributed by atoms with van der Waals surface area (Å²) < 4.78 is 5.69. The number of rotatable bonds is 6. The van der Waals surface area contributed by atoms with Crippen LogP contribution in [-0.2, 0) is 0 Å². The van der Waals surface area contributed by atoms with Crippen molar-refractivity contribution >= 4 is 0 Å². The Kier molecular flexibility index (Phi) is 5.88. The van der Waals surface area contributed by atoms with Gasteiger partial charge in [0.15, 0.2) is 11.5 Å². The molecule has 1 unspecified atom stereocenters. The summed E-state index contributed by atoms with van der Waals surface area (Å²) in [7, 11) is 0. The van der Waals surface area contributed by atoms with Gasteiger partial charge in [-0.15, -0.1) is 0 Å². The lowest BCUT2D eigenvalue weighted by atomic mass is 9.85. The number of piperidine rings is 1. The zero-order chi connectivity index (χ0) is 15.2. The van der Waals surface area contributed by atoms with Crippen LogP contribution in [0.15, 0.2) is 24.3 Å². The first-order valence-corrected chi connectivity index (χ1v) is 7.87. The summed E-state index contributed by atoms with van der Waals surface area (Å²) in [5, 5.41) is 19.4. The van der Waals surface area contributed by atoms with Crippen molar-refractivity contribution in [1.29, 1.82) is 0 Å². The van der Waals surface area contributed by atoms with Gasteiger partial charge < -0.3 is 19.8 Å². The van der Waals surface area contributed by atoms with Gasteiger partial charge in [-0.1, -0.05) is 12.1 Å². The molecule has 1 saturated heterocycles. The van der Waals surface area contributed by atoms with Gasteiger partial charge in [-0.3, -0.25) is 0 Å². The molecule has 0 bridgehead atoms. The zero-order valence-corrected chi connectivity index (χ0v) is 13.0. The van der Waals surface area contributed by atoms with Crippen LogP contribution in [0.1, 0.15) is 26.7 Å². The van der Waals surface area contributed by atoms with Crippen molar-refractivity contribution in [3.05, 3.63) is 24.3 Å². The Morgan fingerprint density at radius 1 is 1.24 bits per heavy atom. The highest BCUT2D eigenvalue weighted by Crippen LogP contribution is 2.29. The van der Waals surface area contributed by atoms with Crippen molar-refractivity contribution < 1.29 is 14.9 Å². The maximum atomic E-state index is 9.71. The highest BCUT2D eigenvalue weighted by Gasteiger charge is 2.27. The van der Waals surface area contributed by atoms with E-state index in [4.69, 9.17) is 4.74 Å². The monoisotopic (exact) mass is 293 g/mol. The molecule has 1 aliphatic rings. The number of aliphatic hydroxyl groups excluding tert-OH is 1. The standard InChI is InChI=1S/C17H27NO3/c1-13(2)18-9-7-14(8-10-18)15(11-19)12-21-17-6-4-3-5-16(17)20/h3-6,13-15,19-20H,7-12H2,1-2H3. The summed E-state index contributed by atoms with van der Waals surface area (Å²) >= 11 is 0. The first-order valence-electron chi connectivity index (χ1n) is 7.87. The van der Waals surface area contributed by atoms with Crippen LogP contribution in [0.2, 0.25) is 0 Å². The second-order valence-corrected chi connectivity index (χ2v) is 6.19. The molecule has 21 heavy (non-hydrogen) atoms. The van der Waals surface area contributed by atoms with Crippen LogP contribution in [0.25, 0.3) is 0 Å². The van der Waals surface area contributed by atoms with Gasteiger partial charge in [0.2, 0.25) is 0 Å². The van der Waals surface area contributed by atoms with Crippen LogP contribution in [0, 0.1) is 11.8 Å². The molecule has 1 heterocycles. The largest absolute Gasteiger partial charge is 0.504 e. The number of likely N-dealkylation sites (tertiary alicyclic amines) is 1. The molecule has 1 atom stereocenters. The van der Waals surface area contributed by atoms with E-state index in [0.29, 0.717) is 24.3 Å². The molecule has 4 nitrogen and oxygen atoms in total. The number of hydrogen-bond acceptors (Lipinski definition) is 4. The van der Waals surface area contributed by atoms with Gasteiger partial charge in [0.25, 0.3) is 0 Å². The molecular weight excluding hydrogens is 266 g/mol. The molecule has 0 saturated carbocycles. The molecule has 1 aromatic carbocycles. The van der Waals surface area contributed by atoms with Gasteiger partial charge in [-0.05, 0) is 57.8 Å². The number of hydrogen-bond donors (Lipinski definition) is 2. The van der Waals surface area contributed by atoms with Gasteiger partial charge in [-0.2, -0.15) is 0 Å². The first-order chi connectivity index (χ1) is 10.1. The van der Waals surface area contributed by atoms with E-state index < -0.39 is 0 Å². The summed E-state index contributed by atoms with van der Waals surface area (Å²) in [6.45, 7) is 7.24. The number of benzene rings is 1. The number of ether oxygens (including phenoxy) is 1. The third-order valence-corrected chi connectivity index (χ3v) is 4.52. The van der Waals surface area contributed by atoms with Crippen LogP contribution in [-0.4, -0.2) is 47.5 Å². The smallest absolute Gasteiger partial charge is 0.160 e. The highest BCUT2D eigenvalue weighted by molar-refractivity contribution is 5.37. The summed E-state index contributed by atoms with van der Waals surface area (Å²) in [6.07, 6.45) is 2.21. The van der Waals surface area contributed by atoms with Crippen molar-refractivity contribution in [1.82, 2.24) is 4.90 Å². The fourth-order valence-electron chi connectivity index (χ4n) is 3.02. The molecule has 1 fully saturated rings. The Balaban J connectivity index is 1.85. The molecule has 2 rings (SSSR count). The normalized spacial score (nSPS) is 18.9. The minimum atomic E-state index is 0.138. The average molecular weight is 293 g/mol. The fourth-order valence-corrected chi connectivity index (χ4v) is 3.02. The Morgan fingerprint density at radius 3 is 2.48 bits per heavy atom. The van der Waals surface area contributed by atoms with Crippen molar-refractivity contribution in [3.8, 4) is 11.5 Å². The SMILES string of the molecule is CC(C)N1CCC(C(CO)COc2ccccc2O)CC1. The number of phenolic OH excluding ortho intramolecular Hbond substituents is 1. The molecule has 1 aliphatic heterocycles. The van der Waals surface area contributed by atoms with E-state index in [9.17, 15) is 10.2 Å². The molecule has 2 N–H and O–H groups in total. The fraction of sp³-hybridized carbons (Fsp3) is 0.647. The predicted molar refractivity (Wildman–Crippen MR) is 83.6 cm³/mol. The minimum absolute atomic E-state index is 0.138. The van der Waals surface area contributed by atoms with Crippen molar-refractivity contribution in [2.45, 2.75) is 32.7 Å². The maximum absolute atomic E-state index is 9.71. The van der Waals surface area contributed by atoms with E-state index in [-0.39, 0.29) is 18.3 Å². The lowest BCUT2D eigenvalue weighted by Gasteiger charge is -2.37. The lowest BCUT2D eigenvalue weighted by Crippen LogP contribution is -2.41. The summed E-state index contributed by atoms with van der Waals surface area (Å²) in [4.78, 5) is 2.48. The van der Waals surface area contributed by atoms with Gasteiger partial charge in [0.05, 0.1) is 6.61 Å². The van der Waals surface area contributed by atoms with E-state index in [0.717, 1.165) is 25.9 Å². The molecule has 0 aromatic heterocycles. The van der Waals surface area contributed by atoms with E-state index in [1.807, 2.05) is 6.07 Å². The van der Waals surface area contributed by atoms with Crippen LogP contribution in [0.4, 0.5) is 0 Å². The van der Waals surface area contributed by atoms with Gasteiger partial charge in [-0.25, -0.2) is 0 Å². The maximum Gasteiger partial charge on any atom is 0.160 e. The number of phenols is 1. The van der Waals surface area contributed by atoms with Crippen molar-refractivity contribution in [3.63, 3.8) is 0 Å². The third-order valence-electron chi connectivity index (χ3n) is 4.52. The van der Waals surface area contributed by atoms with Crippen molar-refractivity contribution in [2.24, 2.45) is 11.8 Å². The van der Waals surface area contributed by atoms with Gasteiger partial charge in [0, 0.05) is 18.6 Å². The first kappa shape index (κ1) is 16.1. The summed E-state index contributed by atoms with van der Waals surface area (Å²) in [5.74, 6) is 1.29. The molecule has 0 radical (unpaired) electrons. The van der Waals surface area contributed by atoms with Crippen LogP contribution >= 0.6 is 0 Å². The quantitative estimate of drug-likeness (QED) is 0.846. The molecule has 0 amide bonds. The minimum Gasteiger partial charge on any atom is -0.504 e. The Hall–Kier alpha value is -1.26. The number of nitrogens with zero attached hydrogens (tertiary/aromatic N) is 1. The van der Waals surface area contributed by atoms with Gasteiger partial charge >= 0.3 is 0 Å². The number of para-hydroxylation sites is 2. The molecule has 1 aromatic rings. The molecule has 4 heteroatoms. The molecule has 0 aliphatic carbocycles. The van der Waals surface area contributed by atoms with Crippen LogP contribution in [0.5, 0.6) is 11.5 Å². The molecule has 118 valence electrons. The van der Waals surface area contributed by atoms with Crippen LogP contribution in [0.3, 0.4) is 0 Å². The Morgan fingerprint density at radius 2 is 1.90 bits per heavy atom. The highest BCUT2D eigenvalue weighted by atomic mass is 16.5. The van der Waals surface area contributed by atoms with Crippen LogP contribution < -0.4 is 4.74 Å². The van der Waals surface area contributed by atoms with E-state index >= 15 is 0 Å². The average Bonchev–Trinajstić information content (AvgIpc) is 2.50. The third kappa shape index (κ3) is 4.35. The molecule has 0 spiro atoms. The van der Waals surface area contributed by atoms with Gasteiger partial charge in [0.1, 0.15) is 0 Å². The Bertz CT molecular complexity index is 428. The van der Waals surface area contributed by atoms with E-state index in [2.05, 4.69) is 18.7 Å². The predicted octanol–water partition coefficient (Wildman–Crippen LogP) is 2.50. The number of aromatic hydroxyl groups is 1. The second kappa shape index (κ2) is 7.66. The Labute approximate surface area is 127 Å². The van der Waals surface area contributed by atoms with Crippen molar-refractivity contribution in [2.75, 3.05) is 26.3 Å². The second-order valence-electron chi connectivity index (χ2n) is 6.19. The van der Waals surface area contributed by atoms with E-state index in [1.54, 1.807) is 18.2 Å². The topological polar surface area (TPSA) is 52.9 Å². The molecular formula is C17H27NO3. The lowest BCUT2D eigenvalue weighted by molar-refractivity contribution is 0.0641. The van der Waals surface area contributed by atoms with E-state index in [1.165, 1.54) is 0 Å².